The van der Waals surface area contributed by atoms with Crippen LogP contribution < -0.4 is 20.2 Å². The van der Waals surface area contributed by atoms with Crippen molar-refractivity contribution >= 4 is 11.6 Å². The second kappa shape index (κ2) is 6.80. The Kier molecular flexibility index (Phi) is 4.83. The Balaban J connectivity index is 2.17. The molecule has 0 radical (unpaired) electrons. The van der Waals surface area contributed by atoms with E-state index in [0.717, 1.165) is 0 Å². The lowest BCUT2D eigenvalue weighted by Crippen LogP contribution is -2.22. The van der Waals surface area contributed by atoms with Crippen molar-refractivity contribution < 1.29 is 14.3 Å². The van der Waals surface area contributed by atoms with Gasteiger partial charge in [-0.1, -0.05) is 12.1 Å². The largest absolute Gasteiger partial charge is 0.495 e. The highest BCUT2D eigenvalue weighted by atomic mass is 16.5. The van der Waals surface area contributed by atoms with Gasteiger partial charge in [0.2, 0.25) is 11.3 Å². The van der Waals surface area contributed by atoms with Crippen molar-refractivity contribution in [1.29, 1.82) is 0 Å². The van der Waals surface area contributed by atoms with Gasteiger partial charge in [0.05, 0.1) is 26.1 Å². The van der Waals surface area contributed by atoms with Gasteiger partial charge in [-0.3, -0.25) is 9.59 Å². The number of amides is 1. The first kappa shape index (κ1) is 15.6. The van der Waals surface area contributed by atoms with Crippen LogP contribution in [-0.4, -0.2) is 24.7 Å². The van der Waals surface area contributed by atoms with Gasteiger partial charge in [0, 0.05) is 11.8 Å². The predicted molar refractivity (Wildman–Crippen MR) is 83.6 cm³/mol. The highest BCUT2D eigenvalue weighted by Gasteiger charge is 2.10. The molecule has 0 atom stereocenters. The Morgan fingerprint density at radius 3 is 2.55 bits per heavy atom. The summed E-state index contributed by atoms with van der Waals surface area (Å²) in [6.07, 6.45) is 1.53. The first-order valence-corrected chi connectivity index (χ1v) is 6.73. The minimum Gasteiger partial charge on any atom is -0.495 e. The molecule has 0 bridgehead atoms. The number of hydrogen-bond donors (Lipinski definition) is 1. The van der Waals surface area contributed by atoms with Crippen LogP contribution in [0.4, 0.5) is 5.69 Å². The standard InChI is InChI=1S/C16H18N2O4/c1-11-8-13(19)15(22-3)9-18(11)10-16(20)17-12-6-4-5-7-14(12)21-2/h4-9H,10H2,1-3H3,(H,17,20). The van der Waals surface area contributed by atoms with Gasteiger partial charge in [-0.2, -0.15) is 0 Å². The zero-order valence-corrected chi connectivity index (χ0v) is 12.8. The quantitative estimate of drug-likeness (QED) is 0.914. The van der Waals surface area contributed by atoms with Crippen molar-refractivity contribution in [3.05, 3.63) is 52.4 Å². The van der Waals surface area contributed by atoms with E-state index in [9.17, 15) is 9.59 Å². The monoisotopic (exact) mass is 302 g/mol. The fourth-order valence-corrected chi connectivity index (χ4v) is 2.07. The van der Waals surface area contributed by atoms with Gasteiger partial charge >= 0.3 is 0 Å². The highest BCUT2D eigenvalue weighted by molar-refractivity contribution is 5.92. The maximum atomic E-state index is 12.2. The van der Waals surface area contributed by atoms with Crippen LogP contribution >= 0.6 is 0 Å². The average Bonchev–Trinajstić information content (AvgIpc) is 2.50. The molecule has 0 aliphatic carbocycles. The summed E-state index contributed by atoms with van der Waals surface area (Å²) in [6.45, 7) is 1.83. The van der Waals surface area contributed by atoms with Crippen molar-refractivity contribution in [2.24, 2.45) is 0 Å². The fourth-order valence-electron chi connectivity index (χ4n) is 2.07. The number of nitrogens with one attached hydrogen (secondary N) is 1. The lowest BCUT2D eigenvalue weighted by Gasteiger charge is -2.13. The van der Waals surface area contributed by atoms with E-state index in [1.807, 2.05) is 12.1 Å². The summed E-state index contributed by atoms with van der Waals surface area (Å²) >= 11 is 0. The van der Waals surface area contributed by atoms with Crippen molar-refractivity contribution in [3.63, 3.8) is 0 Å². The Labute approximate surface area is 128 Å². The summed E-state index contributed by atoms with van der Waals surface area (Å²) in [5.41, 5.74) is 1.07. The number of hydrogen-bond acceptors (Lipinski definition) is 4. The zero-order chi connectivity index (χ0) is 16.1. The number of anilines is 1. The lowest BCUT2D eigenvalue weighted by atomic mass is 10.3. The van der Waals surface area contributed by atoms with E-state index in [1.54, 1.807) is 30.7 Å². The van der Waals surface area contributed by atoms with Gasteiger partial charge in [0.1, 0.15) is 12.3 Å². The number of aromatic nitrogens is 1. The maximum absolute atomic E-state index is 12.2. The molecule has 0 unspecified atom stereocenters. The Hall–Kier alpha value is -2.76. The van der Waals surface area contributed by atoms with E-state index in [1.165, 1.54) is 19.4 Å². The summed E-state index contributed by atoms with van der Waals surface area (Å²) in [6, 6.07) is 8.60. The van der Waals surface area contributed by atoms with Gasteiger partial charge in [-0.25, -0.2) is 0 Å². The lowest BCUT2D eigenvalue weighted by molar-refractivity contribution is -0.116. The third-order valence-electron chi connectivity index (χ3n) is 3.22. The molecule has 0 saturated heterocycles. The molecule has 116 valence electrons. The molecule has 1 heterocycles. The van der Waals surface area contributed by atoms with Crippen LogP contribution in [0, 0.1) is 6.92 Å². The number of ether oxygens (including phenoxy) is 2. The summed E-state index contributed by atoms with van der Waals surface area (Å²) in [5.74, 6) is 0.569. The minimum atomic E-state index is -0.224. The molecule has 0 aliphatic rings. The molecule has 0 fully saturated rings. The Bertz CT molecular complexity index is 737. The van der Waals surface area contributed by atoms with Crippen LogP contribution in [0.3, 0.4) is 0 Å². The Morgan fingerprint density at radius 2 is 1.86 bits per heavy atom. The molecule has 0 spiro atoms. The zero-order valence-electron chi connectivity index (χ0n) is 12.8. The number of carbonyl (C=O) groups excluding carboxylic acids is 1. The smallest absolute Gasteiger partial charge is 0.244 e. The summed E-state index contributed by atoms with van der Waals surface area (Å²) in [5, 5.41) is 2.79. The molecular formula is C16H18N2O4. The second-order valence-corrected chi connectivity index (χ2v) is 4.72. The van der Waals surface area contributed by atoms with Crippen molar-refractivity contribution in [3.8, 4) is 11.5 Å². The van der Waals surface area contributed by atoms with Crippen LogP contribution in [-0.2, 0) is 11.3 Å². The van der Waals surface area contributed by atoms with Gasteiger partial charge < -0.3 is 19.4 Å². The first-order chi connectivity index (χ1) is 10.5. The van der Waals surface area contributed by atoms with Gasteiger partial charge in [0.15, 0.2) is 5.75 Å². The molecule has 22 heavy (non-hydrogen) atoms. The summed E-state index contributed by atoms with van der Waals surface area (Å²) < 4.78 is 11.8. The van der Waals surface area contributed by atoms with E-state index < -0.39 is 0 Å². The molecule has 0 saturated carbocycles. The van der Waals surface area contributed by atoms with E-state index in [4.69, 9.17) is 9.47 Å². The molecular weight excluding hydrogens is 284 g/mol. The van der Waals surface area contributed by atoms with E-state index in [0.29, 0.717) is 17.1 Å². The van der Waals surface area contributed by atoms with Crippen LogP contribution in [0.1, 0.15) is 5.69 Å². The molecule has 1 aromatic carbocycles. The van der Waals surface area contributed by atoms with E-state index >= 15 is 0 Å². The van der Waals surface area contributed by atoms with E-state index in [-0.39, 0.29) is 23.6 Å². The normalized spacial score (nSPS) is 10.1. The van der Waals surface area contributed by atoms with Crippen molar-refractivity contribution in [2.45, 2.75) is 13.5 Å². The van der Waals surface area contributed by atoms with Crippen LogP contribution in [0.15, 0.2) is 41.3 Å². The van der Waals surface area contributed by atoms with Crippen LogP contribution in [0.2, 0.25) is 0 Å². The third kappa shape index (κ3) is 3.46. The molecule has 1 N–H and O–H groups in total. The number of rotatable bonds is 5. The maximum Gasteiger partial charge on any atom is 0.244 e. The summed E-state index contributed by atoms with van der Waals surface area (Å²) in [7, 11) is 2.97. The number of benzene rings is 1. The molecule has 2 aromatic rings. The summed E-state index contributed by atoms with van der Waals surface area (Å²) in [4.78, 5) is 23.8. The van der Waals surface area contributed by atoms with Gasteiger partial charge in [-0.05, 0) is 19.1 Å². The van der Waals surface area contributed by atoms with E-state index in [2.05, 4.69) is 5.32 Å². The van der Waals surface area contributed by atoms with Crippen molar-refractivity contribution in [2.75, 3.05) is 19.5 Å². The molecule has 1 aromatic heterocycles. The number of para-hydroxylation sites is 2. The number of carbonyl (C=O) groups is 1. The first-order valence-electron chi connectivity index (χ1n) is 6.73. The topological polar surface area (TPSA) is 69.6 Å². The van der Waals surface area contributed by atoms with Crippen molar-refractivity contribution in [1.82, 2.24) is 4.57 Å². The highest BCUT2D eigenvalue weighted by Crippen LogP contribution is 2.22. The SMILES string of the molecule is COc1ccccc1NC(=O)Cn1cc(OC)c(=O)cc1C. The second-order valence-electron chi connectivity index (χ2n) is 4.72. The Morgan fingerprint density at radius 1 is 1.18 bits per heavy atom. The third-order valence-corrected chi connectivity index (χ3v) is 3.22. The molecule has 1 amide bonds. The number of pyridine rings is 1. The molecule has 6 heteroatoms. The van der Waals surface area contributed by atoms with Gasteiger partial charge in [-0.15, -0.1) is 0 Å². The number of aryl methyl sites for hydroxylation is 1. The van der Waals surface area contributed by atoms with Crippen LogP contribution in [0.5, 0.6) is 11.5 Å². The molecule has 6 nitrogen and oxygen atoms in total. The molecule has 0 aliphatic heterocycles. The van der Waals surface area contributed by atoms with Gasteiger partial charge in [0.25, 0.3) is 0 Å². The number of nitrogens with zero attached hydrogens (tertiary/aromatic N) is 1. The molecule has 2 rings (SSSR count). The minimum absolute atomic E-state index is 0.0700. The number of methoxy groups -OCH3 is 2. The average molecular weight is 302 g/mol. The fraction of sp³-hybridized carbons (Fsp3) is 0.250. The van der Waals surface area contributed by atoms with Crippen LogP contribution in [0.25, 0.3) is 0 Å². The predicted octanol–water partition coefficient (Wildman–Crippen LogP) is 1.81.